The van der Waals surface area contributed by atoms with Gasteiger partial charge in [-0.05, 0) is 93.2 Å². The van der Waals surface area contributed by atoms with Crippen LogP contribution < -0.4 is 5.32 Å². The number of fused-ring (bicyclic) bond motifs is 6. The molecule has 7 rings (SSSR count). The van der Waals surface area contributed by atoms with Crippen LogP contribution in [0.2, 0.25) is 0 Å². The second-order valence-corrected chi connectivity index (χ2v) is 15.6. The number of aryl methyl sites for hydroxylation is 1. The molecule has 5 aliphatic rings. The number of carbonyl (C=O) groups excluding carboxylic acids is 2. The van der Waals surface area contributed by atoms with Gasteiger partial charge in [-0.2, -0.15) is 26.3 Å². The molecule has 0 spiro atoms. The highest BCUT2D eigenvalue weighted by Gasteiger charge is 2.74. The summed E-state index contributed by atoms with van der Waals surface area (Å²) < 4.78 is 138. The highest BCUT2D eigenvalue weighted by Crippen LogP contribution is 2.59. The van der Waals surface area contributed by atoms with Gasteiger partial charge in [-0.15, -0.1) is 0 Å². The van der Waals surface area contributed by atoms with Crippen LogP contribution in [0.15, 0.2) is 47.4 Å². The zero-order chi connectivity index (χ0) is 34.4. The molecule has 1 aliphatic heterocycles. The standard InChI is InChI=1S/C32H32F8N2O4S/c1-19(43)41-28-13-10-27(11-14-28,12-15-28)26(44)42-17-16-29(47(45,46)23-6-4-22(33)5-7-23)24-8-3-21(18-20(24)2-9-25(29)42)30(34,31(35,36)37)32(38,39)40/h3-8,18,25H,2,9-17H2,1H3,(H,41,43)/t25-,27?,28?,29-/m1/s1. The maximum absolute atomic E-state index is 15.1. The Morgan fingerprint density at radius 2 is 1.43 bits per heavy atom. The van der Waals surface area contributed by atoms with E-state index in [0.29, 0.717) is 50.7 Å². The fourth-order valence-corrected chi connectivity index (χ4v) is 11.0. The molecule has 6 nitrogen and oxygen atoms in total. The topological polar surface area (TPSA) is 83.6 Å². The van der Waals surface area contributed by atoms with Gasteiger partial charge in [0.05, 0.1) is 10.9 Å². The first-order chi connectivity index (χ1) is 21.7. The molecule has 1 saturated heterocycles. The zero-order valence-electron chi connectivity index (χ0n) is 25.2. The number of rotatable bonds is 5. The van der Waals surface area contributed by atoms with Gasteiger partial charge >= 0.3 is 18.0 Å². The van der Waals surface area contributed by atoms with Crippen LogP contribution in [-0.4, -0.2) is 55.6 Å². The molecule has 1 N–H and O–H groups in total. The van der Waals surface area contributed by atoms with Gasteiger partial charge in [0.1, 0.15) is 10.6 Å². The number of halogens is 8. The van der Waals surface area contributed by atoms with Crippen molar-refractivity contribution in [3.05, 3.63) is 65.0 Å². The maximum Gasteiger partial charge on any atom is 0.435 e. The molecule has 0 aromatic heterocycles. The van der Waals surface area contributed by atoms with Crippen LogP contribution in [0.1, 0.15) is 75.0 Å². The van der Waals surface area contributed by atoms with Gasteiger partial charge in [0.15, 0.2) is 9.84 Å². The van der Waals surface area contributed by atoms with Gasteiger partial charge in [-0.3, -0.25) is 9.59 Å². The highest BCUT2D eigenvalue weighted by atomic mass is 32.2. The lowest BCUT2D eigenvalue weighted by molar-refractivity contribution is -0.348. The quantitative estimate of drug-likeness (QED) is 0.284. The largest absolute Gasteiger partial charge is 0.435 e. The van der Waals surface area contributed by atoms with Crippen LogP contribution in [0, 0.1) is 11.2 Å². The van der Waals surface area contributed by atoms with Crippen molar-refractivity contribution < 1.29 is 53.1 Å². The number of benzene rings is 2. The van der Waals surface area contributed by atoms with Crippen molar-refractivity contribution in [1.82, 2.24) is 10.2 Å². The number of alkyl halides is 7. The molecule has 2 amide bonds. The number of nitrogens with zero attached hydrogens (tertiary/aromatic N) is 1. The fraction of sp³-hybridized carbons (Fsp3) is 0.562. The Kier molecular flexibility index (Phi) is 7.62. The normalized spacial score (nSPS) is 29.3. The van der Waals surface area contributed by atoms with Crippen LogP contribution in [0.5, 0.6) is 0 Å². The van der Waals surface area contributed by atoms with E-state index >= 15 is 4.39 Å². The molecule has 2 aromatic carbocycles. The number of likely N-dealkylation sites (tertiary alicyclic amines) is 1. The predicted molar refractivity (Wildman–Crippen MR) is 152 cm³/mol. The van der Waals surface area contributed by atoms with Gasteiger partial charge in [0.25, 0.3) is 0 Å². The van der Waals surface area contributed by atoms with E-state index in [1.165, 1.54) is 11.8 Å². The van der Waals surface area contributed by atoms with Crippen molar-refractivity contribution in [2.45, 2.75) is 104 Å². The van der Waals surface area contributed by atoms with Crippen LogP contribution in [0.3, 0.4) is 0 Å². The van der Waals surface area contributed by atoms with Crippen molar-refractivity contribution in [2.75, 3.05) is 6.54 Å². The first-order valence-electron chi connectivity index (χ1n) is 15.3. The SMILES string of the molecule is CC(=O)NC12CCC(C(=O)N3CC[C@@]4(S(=O)(=O)c5ccc(F)cc5)c5ccc(C(F)(C(F)(F)F)C(F)(F)F)cc5CC[C@@H]34)(CC1)CC2. The molecule has 1 heterocycles. The third kappa shape index (κ3) is 4.79. The summed E-state index contributed by atoms with van der Waals surface area (Å²) in [6.45, 7) is 1.35. The Hall–Kier alpha value is -3.23. The number of nitrogens with one attached hydrogen (secondary N) is 1. The summed E-state index contributed by atoms with van der Waals surface area (Å²) in [5.74, 6) is -1.20. The summed E-state index contributed by atoms with van der Waals surface area (Å²) in [6, 6.07) is 4.37. The first kappa shape index (κ1) is 33.7. The van der Waals surface area contributed by atoms with E-state index < -0.39 is 61.0 Å². The minimum Gasteiger partial charge on any atom is -0.351 e. The van der Waals surface area contributed by atoms with Crippen LogP contribution >= 0.6 is 0 Å². The number of carbonyl (C=O) groups is 2. The molecule has 2 aromatic rings. The van der Waals surface area contributed by atoms with E-state index in [2.05, 4.69) is 5.32 Å². The van der Waals surface area contributed by atoms with Gasteiger partial charge in [0.2, 0.25) is 11.8 Å². The summed E-state index contributed by atoms with van der Waals surface area (Å²) in [6.07, 6.45) is -10.3. The smallest absolute Gasteiger partial charge is 0.351 e. The second-order valence-electron chi connectivity index (χ2n) is 13.4. The number of amides is 2. The third-order valence-corrected chi connectivity index (χ3v) is 13.6. The van der Waals surface area contributed by atoms with E-state index in [-0.39, 0.29) is 53.6 Å². The molecule has 256 valence electrons. The second kappa shape index (κ2) is 10.6. The molecular formula is C32H32F8N2O4S. The molecule has 4 fully saturated rings. The molecule has 4 aliphatic carbocycles. The zero-order valence-corrected chi connectivity index (χ0v) is 26.0. The van der Waals surface area contributed by atoms with Crippen molar-refractivity contribution >= 4 is 21.7 Å². The van der Waals surface area contributed by atoms with E-state index in [0.717, 1.165) is 30.3 Å². The fourth-order valence-electron chi connectivity index (χ4n) is 8.67. The van der Waals surface area contributed by atoms with Crippen molar-refractivity contribution in [1.29, 1.82) is 0 Å². The Balaban J connectivity index is 1.45. The Morgan fingerprint density at radius 3 is 1.96 bits per heavy atom. The highest BCUT2D eigenvalue weighted by molar-refractivity contribution is 7.92. The van der Waals surface area contributed by atoms with Crippen LogP contribution in [-0.2, 0) is 36.3 Å². The van der Waals surface area contributed by atoms with Crippen molar-refractivity contribution in [3.8, 4) is 0 Å². The molecule has 47 heavy (non-hydrogen) atoms. The molecule has 2 atom stereocenters. The van der Waals surface area contributed by atoms with Crippen LogP contribution in [0.4, 0.5) is 35.1 Å². The lowest BCUT2D eigenvalue weighted by Gasteiger charge is -2.54. The Labute approximate surface area is 265 Å². The van der Waals surface area contributed by atoms with Gasteiger partial charge in [-0.25, -0.2) is 17.2 Å². The van der Waals surface area contributed by atoms with E-state index in [4.69, 9.17) is 0 Å². The minimum atomic E-state index is -6.36. The van der Waals surface area contributed by atoms with Gasteiger partial charge < -0.3 is 10.2 Å². The Morgan fingerprint density at radius 1 is 0.851 bits per heavy atom. The summed E-state index contributed by atoms with van der Waals surface area (Å²) in [5.41, 5.74) is -9.00. The summed E-state index contributed by atoms with van der Waals surface area (Å²) in [5, 5.41) is 3.01. The summed E-state index contributed by atoms with van der Waals surface area (Å²) >= 11 is 0. The molecule has 3 saturated carbocycles. The van der Waals surface area contributed by atoms with E-state index in [1.54, 1.807) is 0 Å². The van der Waals surface area contributed by atoms with Crippen LogP contribution in [0.25, 0.3) is 0 Å². The van der Waals surface area contributed by atoms with E-state index in [1.807, 2.05) is 0 Å². The van der Waals surface area contributed by atoms with Gasteiger partial charge in [0, 0.05) is 30.0 Å². The average Bonchev–Trinajstić information content (AvgIpc) is 3.41. The maximum atomic E-state index is 15.1. The lowest BCUT2D eigenvalue weighted by atomic mass is 9.56. The summed E-state index contributed by atoms with van der Waals surface area (Å²) in [4.78, 5) is 27.4. The minimum absolute atomic E-state index is 0.0676. The van der Waals surface area contributed by atoms with Crippen molar-refractivity contribution in [2.24, 2.45) is 5.41 Å². The molecular weight excluding hydrogens is 660 g/mol. The number of sulfone groups is 1. The van der Waals surface area contributed by atoms with E-state index in [9.17, 15) is 48.7 Å². The predicted octanol–water partition coefficient (Wildman–Crippen LogP) is 6.56. The number of hydrogen-bond acceptors (Lipinski definition) is 4. The van der Waals surface area contributed by atoms with Crippen molar-refractivity contribution in [3.63, 3.8) is 0 Å². The first-order valence-corrected chi connectivity index (χ1v) is 16.8. The number of hydrogen-bond donors (Lipinski definition) is 1. The summed E-state index contributed by atoms with van der Waals surface area (Å²) in [7, 11) is -4.58. The molecule has 0 radical (unpaired) electrons. The average molecular weight is 693 g/mol. The molecule has 15 heteroatoms. The van der Waals surface area contributed by atoms with Gasteiger partial charge in [-0.1, -0.05) is 18.2 Å². The Bertz CT molecular complexity index is 1680. The third-order valence-electron chi connectivity index (χ3n) is 11.1. The molecule has 0 unspecified atom stereocenters. The molecule has 2 bridgehead atoms. The lowest BCUT2D eigenvalue weighted by Crippen LogP contribution is -2.61. The monoisotopic (exact) mass is 692 g/mol.